The Morgan fingerprint density at radius 1 is 1.15 bits per heavy atom. The van der Waals surface area contributed by atoms with Crippen molar-refractivity contribution in [1.82, 2.24) is 0 Å². The second kappa shape index (κ2) is 8.73. The molecule has 4 aliphatic rings. The summed E-state index contributed by atoms with van der Waals surface area (Å²) in [6.07, 6.45) is 11.5. The van der Waals surface area contributed by atoms with E-state index in [1.807, 2.05) is 6.08 Å². The summed E-state index contributed by atoms with van der Waals surface area (Å²) in [6, 6.07) is 0. The quantitative estimate of drug-likeness (QED) is 0.497. The number of hydrogen-bond donors (Lipinski definition) is 2. The van der Waals surface area contributed by atoms with Gasteiger partial charge in [0.1, 0.15) is 14.0 Å². The van der Waals surface area contributed by atoms with Crippen LogP contribution in [0.5, 0.6) is 0 Å². The van der Waals surface area contributed by atoms with Crippen LogP contribution in [0.25, 0.3) is 0 Å². The summed E-state index contributed by atoms with van der Waals surface area (Å²) in [7, 11) is 18.6. The molecule has 0 aromatic rings. The van der Waals surface area contributed by atoms with Gasteiger partial charge in [0.25, 0.3) is 0 Å². The van der Waals surface area contributed by atoms with Crippen LogP contribution in [-0.2, 0) is 9.53 Å². The Morgan fingerprint density at radius 3 is 2.50 bits per heavy atom. The number of ether oxygens (including phenoxy) is 1. The average molecular weight is 458 g/mol. The van der Waals surface area contributed by atoms with Crippen LogP contribution in [0.1, 0.15) is 78.6 Å². The van der Waals surface area contributed by atoms with E-state index in [0.717, 1.165) is 37.7 Å². The van der Waals surface area contributed by atoms with E-state index in [0.29, 0.717) is 42.6 Å². The minimum Gasteiger partial charge on any atom is -0.460 e. The molecule has 0 spiro atoms. The number of esters is 1. The Balaban J connectivity index is 1.52. The fourth-order valence-corrected chi connectivity index (χ4v) is 7.43. The molecule has 2 N–H and O–H groups in total. The standard InChI is InChI=1S/C27H37B3O4/c1-16-11-13-26(28,33)27(29,30)21(16)8-7-18-6-5-12-24(3)20(9-10-22(18)24)17(2)14-19-15-25(4,32)23(31)34-19/h7-8,17,19-20,22,32-33H,1,5-6,9-15H2,2-4H3/b18-7+,21-8+/t17-,19?,20-,22+,24-,25-,26+/m1/s1. The van der Waals surface area contributed by atoms with Crippen molar-refractivity contribution in [3.63, 3.8) is 0 Å². The third-order valence-electron chi connectivity index (χ3n) is 9.51. The van der Waals surface area contributed by atoms with E-state index in [4.69, 9.17) is 28.3 Å². The summed E-state index contributed by atoms with van der Waals surface area (Å²) in [5.74, 6) is 0.893. The van der Waals surface area contributed by atoms with Crippen molar-refractivity contribution in [3.8, 4) is 0 Å². The summed E-state index contributed by atoms with van der Waals surface area (Å²) in [4.78, 5) is 11.9. The number of allylic oxidation sites excluding steroid dienone is 4. The molecule has 7 atom stereocenters. The Bertz CT molecular complexity index is 919. The molecule has 34 heavy (non-hydrogen) atoms. The van der Waals surface area contributed by atoms with Gasteiger partial charge in [-0.15, -0.1) is 0 Å². The minimum absolute atomic E-state index is 0.174. The fraction of sp³-hybridized carbons (Fsp3) is 0.741. The Morgan fingerprint density at radius 2 is 1.85 bits per heavy atom. The van der Waals surface area contributed by atoms with Gasteiger partial charge in [-0.1, -0.05) is 54.5 Å². The SMILES string of the molecule is [B]C1([B])/C(=C/C=C2\CCC[C@]3(C)[C@@H]([C@H](C)CC4C[C@@](C)(O)C(=O)O4)CC[C@@H]23)C(=C)CC[C@]1([B])O. The molecule has 3 saturated carbocycles. The van der Waals surface area contributed by atoms with Gasteiger partial charge in [0.15, 0.2) is 5.60 Å². The summed E-state index contributed by atoms with van der Waals surface area (Å²) in [5, 5.41) is 19.2. The van der Waals surface area contributed by atoms with Crippen LogP contribution in [0, 0.1) is 23.2 Å². The number of carbonyl (C=O) groups excluding carboxylic acids is 1. The van der Waals surface area contributed by atoms with E-state index in [-0.39, 0.29) is 11.5 Å². The molecule has 1 heterocycles. The molecule has 4 fully saturated rings. The van der Waals surface area contributed by atoms with E-state index in [9.17, 15) is 15.0 Å². The number of aliphatic hydroxyl groups is 2. The summed E-state index contributed by atoms with van der Waals surface area (Å²) < 4.78 is 5.48. The third kappa shape index (κ3) is 4.30. The maximum absolute atomic E-state index is 11.9. The lowest BCUT2D eigenvalue weighted by molar-refractivity contribution is -0.154. The lowest BCUT2D eigenvalue weighted by Gasteiger charge is -2.49. The fourth-order valence-electron chi connectivity index (χ4n) is 7.43. The zero-order valence-corrected chi connectivity index (χ0v) is 21.0. The smallest absolute Gasteiger partial charge is 0.338 e. The van der Waals surface area contributed by atoms with Crippen LogP contribution >= 0.6 is 0 Å². The van der Waals surface area contributed by atoms with Crippen LogP contribution in [0.15, 0.2) is 35.5 Å². The molecule has 0 amide bonds. The molecule has 1 saturated heterocycles. The first-order valence-electron chi connectivity index (χ1n) is 12.8. The van der Waals surface area contributed by atoms with Crippen LogP contribution < -0.4 is 0 Å². The normalized spacial score (nSPS) is 45.4. The van der Waals surface area contributed by atoms with Crippen molar-refractivity contribution in [2.75, 3.05) is 0 Å². The number of carbonyl (C=O) groups is 1. The second-order valence-corrected chi connectivity index (χ2v) is 12.0. The molecule has 0 bridgehead atoms. The topological polar surface area (TPSA) is 66.8 Å². The lowest BCUT2D eigenvalue weighted by Crippen LogP contribution is -2.48. The largest absolute Gasteiger partial charge is 0.460 e. The minimum atomic E-state index is -1.66. The van der Waals surface area contributed by atoms with Gasteiger partial charge < -0.3 is 14.9 Å². The third-order valence-corrected chi connectivity index (χ3v) is 9.51. The first kappa shape index (κ1) is 25.9. The highest BCUT2D eigenvalue weighted by atomic mass is 16.6. The lowest BCUT2D eigenvalue weighted by atomic mass is 9.35. The maximum atomic E-state index is 11.9. The van der Waals surface area contributed by atoms with Crippen LogP contribution in [-0.4, -0.2) is 56.9 Å². The first-order chi connectivity index (χ1) is 15.7. The maximum Gasteiger partial charge on any atom is 0.338 e. The molecule has 178 valence electrons. The highest BCUT2D eigenvalue weighted by Crippen LogP contribution is 2.60. The average Bonchev–Trinajstić information content (AvgIpc) is 3.20. The molecule has 7 heteroatoms. The van der Waals surface area contributed by atoms with Crippen LogP contribution in [0.3, 0.4) is 0 Å². The van der Waals surface area contributed by atoms with Crippen molar-refractivity contribution in [2.45, 2.75) is 101 Å². The molecule has 0 aromatic carbocycles. The molecule has 3 aliphatic carbocycles. The van der Waals surface area contributed by atoms with Crippen molar-refractivity contribution in [1.29, 1.82) is 0 Å². The first-order valence-corrected chi connectivity index (χ1v) is 12.8. The molecular formula is C27H37B3O4. The van der Waals surface area contributed by atoms with Crippen molar-refractivity contribution in [2.24, 2.45) is 23.2 Å². The highest BCUT2D eigenvalue weighted by Gasteiger charge is 2.52. The summed E-state index contributed by atoms with van der Waals surface area (Å²) in [6.45, 7) is 10.3. The van der Waals surface area contributed by atoms with Crippen LogP contribution in [0.2, 0.25) is 5.21 Å². The zero-order chi connectivity index (χ0) is 25.1. The van der Waals surface area contributed by atoms with Crippen molar-refractivity contribution in [3.05, 3.63) is 35.5 Å². The predicted molar refractivity (Wildman–Crippen MR) is 137 cm³/mol. The van der Waals surface area contributed by atoms with Gasteiger partial charge in [0, 0.05) is 11.9 Å². The number of hydrogen-bond acceptors (Lipinski definition) is 4. The molecule has 4 nitrogen and oxygen atoms in total. The zero-order valence-electron chi connectivity index (χ0n) is 21.0. The van der Waals surface area contributed by atoms with Gasteiger partial charge in [-0.05, 0) is 81.5 Å². The summed E-state index contributed by atoms with van der Waals surface area (Å²) >= 11 is 0. The second-order valence-electron chi connectivity index (χ2n) is 12.0. The monoisotopic (exact) mass is 458 g/mol. The summed E-state index contributed by atoms with van der Waals surface area (Å²) in [5.41, 5.74) is 0.00842. The number of rotatable bonds is 4. The highest BCUT2D eigenvalue weighted by molar-refractivity contribution is 6.47. The van der Waals surface area contributed by atoms with Crippen LogP contribution in [0.4, 0.5) is 0 Å². The van der Waals surface area contributed by atoms with Gasteiger partial charge in [0.2, 0.25) is 0 Å². The van der Waals surface area contributed by atoms with Gasteiger partial charge in [-0.25, -0.2) is 4.79 Å². The Labute approximate surface area is 208 Å². The van der Waals surface area contributed by atoms with Gasteiger partial charge in [-0.2, -0.15) is 0 Å². The molecule has 0 aromatic heterocycles. The number of fused-ring (bicyclic) bond motifs is 1. The molecular weight excluding hydrogens is 421 g/mol. The van der Waals surface area contributed by atoms with E-state index in [2.05, 4.69) is 26.5 Å². The molecule has 6 radical (unpaired) electrons. The Kier molecular flexibility index (Phi) is 6.64. The van der Waals surface area contributed by atoms with Gasteiger partial charge >= 0.3 is 5.97 Å². The molecule has 1 unspecified atom stereocenters. The van der Waals surface area contributed by atoms with E-state index in [1.165, 1.54) is 12.0 Å². The predicted octanol–water partition coefficient (Wildman–Crippen LogP) is 3.81. The molecule has 1 aliphatic heterocycles. The van der Waals surface area contributed by atoms with Crippen molar-refractivity contribution >= 4 is 29.5 Å². The van der Waals surface area contributed by atoms with Crippen molar-refractivity contribution < 1.29 is 19.7 Å². The Hall–Kier alpha value is -1.20. The van der Waals surface area contributed by atoms with E-state index in [1.54, 1.807) is 6.92 Å². The van der Waals surface area contributed by atoms with E-state index >= 15 is 0 Å². The van der Waals surface area contributed by atoms with E-state index < -0.39 is 22.3 Å². The molecule has 4 rings (SSSR count). The number of cyclic esters (lactones) is 1. The van der Waals surface area contributed by atoms with Gasteiger partial charge in [-0.3, -0.25) is 0 Å². The van der Waals surface area contributed by atoms with Gasteiger partial charge in [0.05, 0.1) is 15.7 Å².